The number of hydrogen-bond acceptors (Lipinski definition) is 9. The Labute approximate surface area is 214 Å². The minimum absolute atomic E-state index is 0.00807. The number of amides is 1. The van der Waals surface area contributed by atoms with Crippen LogP contribution in [-0.4, -0.2) is 70.4 Å². The number of piperidine rings is 1. The second-order valence-electron chi connectivity index (χ2n) is 9.74. The first-order valence-electron chi connectivity index (χ1n) is 12.6. The molecule has 1 aliphatic carbocycles. The lowest BCUT2D eigenvalue weighted by molar-refractivity contribution is 0.0915. The van der Waals surface area contributed by atoms with E-state index in [9.17, 15) is 9.90 Å². The predicted octanol–water partition coefficient (Wildman–Crippen LogP) is 2.39. The molecule has 11 nitrogen and oxygen atoms in total. The molecule has 0 bridgehead atoms. The zero-order chi connectivity index (χ0) is 25.9. The molecule has 1 saturated heterocycles. The summed E-state index contributed by atoms with van der Waals surface area (Å²) in [5, 5.41) is 22.1. The molecule has 37 heavy (non-hydrogen) atoms. The average molecular weight is 506 g/mol. The number of aromatic nitrogens is 4. The van der Waals surface area contributed by atoms with Gasteiger partial charge in [0.05, 0.1) is 37.7 Å². The largest absolute Gasteiger partial charge is 0.496 e. The van der Waals surface area contributed by atoms with E-state index in [2.05, 4.69) is 36.2 Å². The number of aliphatic hydroxyl groups is 1. The third kappa shape index (κ3) is 5.29. The van der Waals surface area contributed by atoms with Crippen LogP contribution in [0.3, 0.4) is 0 Å². The number of carbonyl (C=O) groups excluding carboxylic acids is 1. The smallest absolute Gasteiger partial charge is 0.319 e. The standard InChI is InChI=1S/C26H31N7O4/c1-15(13-34)30-25(35)20-10-22(32-26(31-20)37-14-18-9-17(18)11-27)33-7-4-16(5-8-33)19-12-29-24-23(19)21(36-2)3-6-28-24/h3,6,10,12,15-18,34H,4-5,7-9,13-14H2,1-2H3,(H,28,29)(H,30,35)/t15-,17?,18-/m1/s1. The SMILES string of the molecule is COc1ccnc2[nH]cc(C3CCN(c4cc(C(=O)N[C@H](C)CO)nc(OC[C@H]5CC5C#N)n4)CC3)c12. The Morgan fingerprint density at radius 1 is 1.38 bits per heavy atom. The number of carbonyl (C=O) groups is 1. The summed E-state index contributed by atoms with van der Waals surface area (Å²) in [6, 6.07) is 5.51. The quantitative estimate of drug-likeness (QED) is 0.398. The summed E-state index contributed by atoms with van der Waals surface area (Å²) in [7, 11) is 1.67. The summed E-state index contributed by atoms with van der Waals surface area (Å²) in [6.45, 7) is 3.36. The lowest BCUT2D eigenvalue weighted by Gasteiger charge is -2.33. The fourth-order valence-electron chi connectivity index (χ4n) is 4.83. The molecule has 1 saturated carbocycles. The summed E-state index contributed by atoms with van der Waals surface area (Å²) in [5.74, 6) is 1.53. The van der Waals surface area contributed by atoms with Crippen LogP contribution >= 0.6 is 0 Å². The lowest BCUT2D eigenvalue weighted by atomic mass is 9.89. The van der Waals surface area contributed by atoms with Crippen molar-refractivity contribution in [2.45, 2.75) is 38.1 Å². The Kier molecular flexibility index (Phi) is 7.10. The van der Waals surface area contributed by atoms with Crippen LogP contribution in [0.15, 0.2) is 24.5 Å². The van der Waals surface area contributed by atoms with Gasteiger partial charge in [0.1, 0.15) is 22.9 Å². The average Bonchev–Trinajstić information content (AvgIpc) is 3.57. The molecule has 1 unspecified atom stereocenters. The first-order valence-corrected chi connectivity index (χ1v) is 12.6. The van der Waals surface area contributed by atoms with Crippen molar-refractivity contribution in [1.82, 2.24) is 25.3 Å². The van der Waals surface area contributed by atoms with Crippen LogP contribution in [0.5, 0.6) is 11.8 Å². The summed E-state index contributed by atoms with van der Waals surface area (Å²) in [5.41, 5.74) is 2.19. The van der Waals surface area contributed by atoms with Gasteiger partial charge in [0.25, 0.3) is 5.91 Å². The summed E-state index contributed by atoms with van der Waals surface area (Å²) < 4.78 is 11.4. The molecule has 4 heterocycles. The van der Waals surface area contributed by atoms with E-state index in [0.717, 1.165) is 49.1 Å². The third-order valence-electron chi connectivity index (χ3n) is 7.14. The van der Waals surface area contributed by atoms with Gasteiger partial charge in [-0.3, -0.25) is 4.79 Å². The van der Waals surface area contributed by atoms with Gasteiger partial charge >= 0.3 is 6.01 Å². The molecule has 2 aliphatic rings. The number of fused-ring (bicyclic) bond motifs is 1. The molecule has 3 aromatic rings. The number of methoxy groups -OCH3 is 1. The van der Waals surface area contributed by atoms with Crippen LogP contribution in [0, 0.1) is 23.2 Å². The second kappa shape index (κ2) is 10.6. The summed E-state index contributed by atoms with van der Waals surface area (Å²) >= 11 is 0. The first kappa shape index (κ1) is 24.8. The highest BCUT2D eigenvalue weighted by Crippen LogP contribution is 2.39. The van der Waals surface area contributed by atoms with E-state index in [1.54, 1.807) is 26.3 Å². The zero-order valence-corrected chi connectivity index (χ0v) is 21.0. The second-order valence-corrected chi connectivity index (χ2v) is 9.74. The van der Waals surface area contributed by atoms with Crippen molar-refractivity contribution in [3.8, 4) is 17.8 Å². The number of ether oxygens (including phenoxy) is 2. The Balaban J connectivity index is 1.33. The molecule has 1 amide bonds. The number of aliphatic hydroxyl groups excluding tert-OH is 1. The maximum atomic E-state index is 12.8. The Morgan fingerprint density at radius 3 is 2.89 bits per heavy atom. The van der Waals surface area contributed by atoms with E-state index >= 15 is 0 Å². The van der Waals surface area contributed by atoms with Crippen molar-refractivity contribution in [2.75, 3.05) is 38.3 Å². The highest BCUT2D eigenvalue weighted by molar-refractivity contribution is 5.93. The van der Waals surface area contributed by atoms with E-state index in [1.165, 1.54) is 5.56 Å². The first-order chi connectivity index (χ1) is 18.0. The highest BCUT2D eigenvalue weighted by atomic mass is 16.5. The van der Waals surface area contributed by atoms with Crippen LogP contribution in [0.1, 0.15) is 48.2 Å². The molecule has 11 heteroatoms. The van der Waals surface area contributed by atoms with Gasteiger partial charge in [-0.15, -0.1) is 0 Å². The predicted molar refractivity (Wildman–Crippen MR) is 136 cm³/mol. The minimum Gasteiger partial charge on any atom is -0.496 e. The molecule has 3 atom stereocenters. The van der Waals surface area contributed by atoms with Gasteiger partial charge in [-0.05, 0) is 43.7 Å². The molecule has 194 valence electrons. The number of aromatic amines is 1. The van der Waals surface area contributed by atoms with Crippen LogP contribution < -0.4 is 19.7 Å². The van der Waals surface area contributed by atoms with Crippen LogP contribution in [0.4, 0.5) is 5.82 Å². The van der Waals surface area contributed by atoms with Crippen molar-refractivity contribution in [2.24, 2.45) is 11.8 Å². The molecular formula is C26H31N7O4. The minimum atomic E-state index is -0.406. The van der Waals surface area contributed by atoms with Gasteiger partial charge in [0.2, 0.25) is 0 Å². The molecule has 1 aliphatic heterocycles. The Bertz CT molecular complexity index is 1310. The maximum absolute atomic E-state index is 12.8. The van der Waals surface area contributed by atoms with E-state index < -0.39 is 11.9 Å². The van der Waals surface area contributed by atoms with Crippen molar-refractivity contribution in [3.63, 3.8) is 0 Å². The number of rotatable bonds is 9. The summed E-state index contributed by atoms with van der Waals surface area (Å²) in [6.07, 6.45) is 6.34. The fraction of sp³-hybridized carbons (Fsp3) is 0.500. The molecule has 0 spiro atoms. The summed E-state index contributed by atoms with van der Waals surface area (Å²) in [4.78, 5) is 31.5. The maximum Gasteiger partial charge on any atom is 0.319 e. The fourth-order valence-corrected chi connectivity index (χ4v) is 4.83. The molecular weight excluding hydrogens is 474 g/mol. The van der Waals surface area contributed by atoms with E-state index in [4.69, 9.17) is 14.7 Å². The Morgan fingerprint density at radius 2 is 2.19 bits per heavy atom. The number of hydrogen-bond donors (Lipinski definition) is 3. The van der Waals surface area contributed by atoms with Crippen LogP contribution in [0.2, 0.25) is 0 Å². The third-order valence-corrected chi connectivity index (χ3v) is 7.14. The zero-order valence-electron chi connectivity index (χ0n) is 21.0. The highest BCUT2D eigenvalue weighted by Gasteiger charge is 2.38. The van der Waals surface area contributed by atoms with Crippen molar-refractivity contribution in [3.05, 3.63) is 35.8 Å². The van der Waals surface area contributed by atoms with Crippen LogP contribution in [0.25, 0.3) is 11.0 Å². The van der Waals surface area contributed by atoms with Gasteiger partial charge in [-0.2, -0.15) is 15.2 Å². The van der Waals surface area contributed by atoms with Crippen molar-refractivity contribution < 1.29 is 19.4 Å². The molecule has 2 fully saturated rings. The molecule has 3 aromatic heterocycles. The van der Waals surface area contributed by atoms with Crippen molar-refractivity contribution in [1.29, 1.82) is 5.26 Å². The van der Waals surface area contributed by atoms with Crippen LogP contribution in [-0.2, 0) is 0 Å². The van der Waals surface area contributed by atoms with E-state index in [1.807, 2.05) is 12.3 Å². The van der Waals surface area contributed by atoms with Gasteiger partial charge < -0.3 is 29.8 Å². The number of H-pyrrole nitrogens is 1. The lowest BCUT2D eigenvalue weighted by Crippen LogP contribution is -2.36. The van der Waals surface area contributed by atoms with E-state index in [0.29, 0.717) is 18.3 Å². The van der Waals surface area contributed by atoms with Gasteiger partial charge in [-0.1, -0.05) is 0 Å². The number of nitrogens with one attached hydrogen (secondary N) is 2. The van der Waals surface area contributed by atoms with E-state index in [-0.39, 0.29) is 30.1 Å². The molecule has 0 aromatic carbocycles. The number of anilines is 1. The number of nitriles is 1. The molecule has 5 rings (SSSR count). The Hall–Kier alpha value is -3.91. The number of nitrogens with zero attached hydrogens (tertiary/aromatic N) is 5. The van der Waals surface area contributed by atoms with Gasteiger partial charge in [0, 0.05) is 43.5 Å². The normalized spacial score (nSPS) is 20.3. The number of pyridine rings is 1. The molecule has 3 N–H and O–H groups in total. The molecule has 0 radical (unpaired) electrons. The monoisotopic (exact) mass is 505 g/mol. The van der Waals surface area contributed by atoms with Gasteiger partial charge in [-0.25, -0.2) is 4.98 Å². The topological polar surface area (TPSA) is 149 Å². The van der Waals surface area contributed by atoms with Gasteiger partial charge in [0.15, 0.2) is 0 Å². The van der Waals surface area contributed by atoms with Crippen molar-refractivity contribution >= 4 is 22.8 Å².